The van der Waals surface area contributed by atoms with Gasteiger partial charge in [0.25, 0.3) is 0 Å². The Balaban J connectivity index is 3.80. The molecule has 0 aromatic rings. The normalized spacial score (nSPS) is 20.1. The highest BCUT2D eigenvalue weighted by Crippen LogP contribution is 2.13. The van der Waals surface area contributed by atoms with E-state index in [1.165, 1.54) is 0 Å². The molecule has 3 N–H and O–H groups in total. The van der Waals surface area contributed by atoms with Gasteiger partial charge < -0.3 is 10.8 Å². The first-order chi connectivity index (χ1) is 4.63. The van der Waals surface area contributed by atoms with E-state index in [2.05, 4.69) is 13.8 Å². The van der Waals surface area contributed by atoms with Crippen molar-refractivity contribution in [1.82, 2.24) is 0 Å². The van der Waals surface area contributed by atoms with Crippen LogP contribution in [0.3, 0.4) is 0 Å². The molecular weight excluding hydrogens is 126 g/mol. The van der Waals surface area contributed by atoms with E-state index in [-0.39, 0.29) is 18.1 Å². The van der Waals surface area contributed by atoms with Crippen molar-refractivity contribution >= 4 is 0 Å². The van der Waals surface area contributed by atoms with Crippen LogP contribution in [0, 0.1) is 5.92 Å². The minimum absolute atomic E-state index is 0.157. The number of nitrogens with two attached hydrogens (primary N) is 1. The zero-order chi connectivity index (χ0) is 8.15. The molecule has 0 amide bonds. The SMILES string of the molecule is CCC(N)C(CC)C(C)O. The summed E-state index contributed by atoms with van der Waals surface area (Å²) in [4.78, 5) is 0. The molecule has 0 saturated heterocycles. The molecule has 0 rings (SSSR count). The smallest absolute Gasteiger partial charge is 0.0554 e. The van der Waals surface area contributed by atoms with Crippen molar-refractivity contribution in [2.75, 3.05) is 0 Å². The molecule has 3 atom stereocenters. The lowest BCUT2D eigenvalue weighted by molar-refractivity contribution is 0.106. The Morgan fingerprint density at radius 3 is 1.90 bits per heavy atom. The minimum Gasteiger partial charge on any atom is -0.393 e. The van der Waals surface area contributed by atoms with Gasteiger partial charge in [-0.3, -0.25) is 0 Å². The van der Waals surface area contributed by atoms with Gasteiger partial charge in [-0.1, -0.05) is 13.8 Å². The van der Waals surface area contributed by atoms with Crippen molar-refractivity contribution in [3.8, 4) is 0 Å². The number of aliphatic hydroxyl groups excluding tert-OH is 1. The molecule has 0 spiro atoms. The summed E-state index contributed by atoms with van der Waals surface area (Å²) in [5.74, 6) is 0.269. The Kier molecular flexibility index (Phi) is 4.65. The van der Waals surface area contributed by atoms with Crippen LogP contribution in [-0.2, 0) is 0 Å². The van der Waals surface area contributed by atoms with Gasteiger partial charge in [0.2, 0.25) is 0 Å². The van der Waals surface area contributed by atoms with Crippen LogP contribution in [0.1, 0.15) is 33.6 Å². The van der Waals surface area contributed by atoms with Gasteiger partial charge in [-0.2, -0.15) is 0 Å². The van der Waals surface area contributed by atoms with E-state index >= 15 is 0 Å². The maximum atomic E-state index is 9.23. The Bertz CT molecular complexity index is 83.3. The number of hydrogen-bond donors (Lipinski definition) is 2. The van der Waals surface area contributed by atoms with Crippen molar-refractivity contribution in [2.45, 2.75) is 45.8 Å². The Hall–Kier alpha value is -0.0800. The van der Waals surface area contributed by atoms with Gasteiger partial charge in [0, 0.05) is 6.04 Å². The molecule has 3 unspecified atom stereocenters. The van der Waals surface area contributed by atoms with Gasteiger partial charge in [0.1, 0.15) is 0 Å². The van der Waals surface area contributed by atoms with Gasteiger partial charge in [-0.05, 0) is 25.7 Å². The van der Waals surface area contributed by atoms with E-state index in [4.69, 9.17) is 5.73 Å². The Morgan fingerprint density at radius 1 is 1.30 bits per heavy atom. The highest BCUT2D eigenvalue weighted by Gasteiger charge is 2.18. The second-order valence-electron chi connectivity index (χ2n) is 2.88. The second kappa shape index (κ2) is 4.69. The average Bonchev–Trinajstić information content (AvgIpc) is 1.88. The van der Waals surface area contributed by atoms with Crippen LogP contribution in [-0.4, -0.2) is 17.3 Å². The summed E-state index contributed by atoms with van der Waals surface area (Å²) < 4.78 is 0. The van der Waals surface area contributed by atoms with Crippen molar-refractivity contribution in [2.24, 2.45) is 11.7 Å². The molecule has 0 aliphatic heterocycles. The van der Waals surface area contributed by atoms with E-state index in [9.17, 15) is 5.11 Å². The molecule has 0 saturated carbocycles. The fourth-order valence-corrected chi connectivity index (χ4v) is 1.30. The third kappa shape index (κ3) is 2.67. The van der Waals surface area contributed by atoms with Crippen LogP contribution in [0.15, 0.2) is 0 Å². The standard InChI is InChI=1S/C8H19NO/c1-4-7(6(3)10)8(9)5-2/h6-8,10H,4-5,9H2,1-3H3. The van der Waals surface area contributed by atoms with E-state index < -0.39 is 0 Å². The van der Waals surface area contributed by atoms with Crippen LogP contribution in [0.5, 0.6) is 0 Å². The zero-order valence-corrected chi connectivity index (χ0v) is 7.17. The van der Waals surface area contributed by atoms with E-state index in [0.29, 0.717) is 0 Å². The lowest BCUT2D eigenvalue weighted by atomic mass is 9.91. The van der Waals surface area contributed by atoms with Crippen molar-refractivity contribution < 1.29 is 5.11 Å². The molecule has 2 nitrogen and oxygen atoms in total. The molecule has 62 valence electrons. The molecular formula is C8H19NO. The van der Waals surface area contributed by atoms with Crippen LogP contribution in [0.25, 0.3) is 0 Å². The maximum Gasteiger partial charge on any atom is 0.0554 e. The van der Waals surface area contributed by atoms with Gasteiger partial charge in [-0.25, -0.2) is 0 Å². The quantitative estimate of drug-likeness (QED) is 0.623. The summed E-state index contributed by atoms with van der Waals surface area (Å²) in [6, 6.07) is 0.157. The Labute approximate surface area is 63.4 Å². The van der Waals surface area contributed by atoms with Crippen LogP contribution >= 0.6 is 0 Å². The molecule has 0 aliphatic rings. The van der Waals surface area contributed by atoms with Crippen molar-refractivity contribution in [3.63, 3.8) is 0 Å². The number of aliphatic hydroxyl groups is 1. The number of rotatable bonds is 4. The first-order valence-corrected chi connectivity index (χ1v) is 4.07. The van der Waals surface area contributed by atoms with Gasteiger partial charge in [0.05, 0.1) is 6.10 Å². The van der Waals surface area contributed by atoms with E-state index in [1.807, 2.05) is 6.92 Å². The Morgan fingerprint density at radius 2 is 1.80 bits per heavy atom. The third-order valence-corrected chi connectivity index (χ3v) is 2.11. The molecule has 0 aliphatic carbocycles. The predicted molar refractivity (Wildman–Crippen MR) is 43.7 cm³/mol. The van der Waals surface area contributed by atoms with Crippen LogP contribution in [0.2, 0.25) is 0 Å². The van der Waals surface area contributed by atoms with Crippen molar-refractivity contribution in [3.05, 3.63) is 0 Å². The summed E-state index contributed by atoms with van der Waals surface area (Å²) in [6.07, 6.45) is 1.65. The van der Waals surface area contributed by atoms with E-state index in [0.717, 1.165) is 12.8 Å². The first-order valence-electron chi connectivity index (χ1n) is 4.07. The predicted octanol–water partition coefficient (Wildman–Crippen LogP) is 1.13. The maximum absolute atomic E-state index is 9.23. The third-order valence-electron chi connectivity index (χ3n) is 2.11. The number of hydrogen-bond acceptors (Lipinski definition) is 2. The average molecular weight is 145 g/mol. The van der Waals surface area contributed by atoms with E-state index in [1.54, 1.807) is 0 Å². The molecule has 0 aromatic carbocycles. The summed E-state index contributed by atoms with van der Waals surface area (Å²) in [5.41, 5.74) is 5.77. The first kappa shape index (κ1) is 9.92. The monoisotopic (exact) mass is 145 g/mol. The summed E-state index contributed by atoms with van der Waals surface area (Å²) >= 11 is 0. The summed E-state index contributed by atoms with van der Waals surface area (Å²) in [6.45, 7) is 5.92. The van der Waals surface area contributed by atoms with Crippen molar-refractivity contribution in [1.29, 1.82) is 0 Å². The lowest BCUT2D eigenvalue weighted by Crippen LogP contribution is -2.35. The topological polar surface area (TPSA) is 46.2 Å². The summed E-state index contributed by atoms with van der Waals surface area (Å²) in [5, 5.41) is 9.23. The minimum atomic E-state index is -0.264. The fraction of sp³-hybridized carbons (Fsp3) is 1.00. The molecule has 10 heavy (non-hydrogen) atoms. The van der Waals surface area contributed by atoms with Gasteiger partial charge >= 0.3 is 0 Å². The lowest BCUT2D eigenvalue weighted by Gasteiger charge is -2.23. The molecule has 0 bridgehead atoms. The highest BCUT2D eigenvalue weighted by molar-refractivity contribution is 4.74. The second-order valence-corrected chi connectivity index (χ2v) is 2.88. The molecule has 0 fully saturated rings. The zero-order valence-electron chi connectivity index (χ0n) is 7.17. The molecule has 0 heterocycles. The molecule has 2 heteroatoms. The van der Waals surface area contributed by atoms with Gasteiger partial charge in [-0.15, -0.1) is 0 Å². The van der Waals surface area contributed by atoms with Gasteiger partial charge in [0.15, 0.2) is 0 Å². The van der Waals surface area contributed by atoms with Crippen LogP contribution in [0.4, 0.5) is 0 Å². The van der Waals surface area contributed by atoms with Crippen LogP contribution < -0.4 is 5.73 Å². The molecule has 0 aromatic heterocycles. The molecule has 0 radical (unpaired) electrons. The fourth-order valence-electron chi connectivity index (χ4n) is 1.30. The summed E-state index contributed by atoms with van der Waals surface area (Å²) in [7, 11) is 0. The highest BCUT2D eigenvalue weighted by atomic mass is 16.3. The largest absolute Gasteiger partial charge is 0.393 e.